The summed E-state index contributed by atoms with van der Waals surface area (Å²) in [5, 5.41) is 5.04. The van der Waals surface area contributed by atoms with Crippen LogP contribution in [-0.2, 0) is 21.2 Å². The average molecular weight is 469 g/mol. The van der Waals surface area contributed by atoms with E-state index in [4.69, 9.17) is 0 Å². The number of carbonyl (C=O) groups is 1. The number of carbonyl (C=O) groups excluding carboxylic acids is 1. The molecule has 4 rings (SSSR count). The lowest BCUT2D eigenvalue weighted by Crippen LogP contribution is -2.31. The number of amides is 1. The summed E-state index contributed by atoms with van der Waals surface area (Å²) in [5.41, 5.74) is 2.76. The number of rotatable bonds is 7. The van der Waals surface area contributed by atoms with Crippen molar-refractivity contribution in [3.63, 3.8) is 0 Å². The molecule has 0 unspecified atom stereocenters. The highest BCUT2D eigenvalue weighted by atomic mass is 32.2. The highest BCUT2D eigenvalue weighted by molar-refractivity contribution is 7.89. The largest absolute Gasteiger partial charge is 0.325 e. The molecule has 2 heterocycles. The van der Waals surface area contributed by atoms with Gasteiger partial charge in [0.15, 0.2) is 0 Å². The van der Waals surface area contributed by atoms with Gasteiger partial charge in [-0.15, -0.1) is 11.3 Å². The molecule has 0 spiro atoms. The highest BCUT2D eigenvalue weighted by Gasteiger charge is 2.24. The first-order valence-electron chi connectivity index (χ1n) is 11.1. The maximum atomic E-state index is 12.9. The predicted octanol–water partition coefficient (Wildman–Crippen LogP) is 5.55. The predicted molar refractivity (Wildman–Crippen MR) is 130 cm³/mol. The summed E-state index contributed by atoms with van der Waals surface area (Å²) in [6.07, 6.45) is 4.90. The molecule has 1 N–H and O–H groups in total. The van der Waals surface area contributed by atoms with Crippen molar-refractivity contribution < 1.29 is 13.2 Å². The average Bonchev–Trinajstić information content (AvgIpc) is 3.19. The Morgan fingerprint density at radius 2 is 1.62 bits per heavy atom. The first-order valence-corrected chi connectivity index (χ1v) is 13.4. The lowest BCUT2D eigenvalue weighted by molar-refractivity contribution is -0.116. The van der Waals surface area contributed by atoms with Crippen LogP contribution in [0.3, 0.4) is 0 Å². The number of para-hydroxylation sites is 1. The summed E-state index contributed by atoms with van der Waals surface area (Å²) >= 11 is 1.64. The van der Waals surface area contributed by atoms with Gasteiger partial charge in [0.2, 0.25) is 15.9 Å². The van der Waals surface area contributed by atoms with E-state index < -0.39 is 10.0 Å². The van der Waals surface area contributed by atoms with Crippen LogP contribution in [0.4, 0.5) is 5.69 Å². The Balaban J connectivity index is 1.36. The molecule has 1 aliphatic rings. The Kier molecular flexibility index (Phi) is 7.40. The Morgan fingerprint density at radius 3 is 2.31 bits per heavy atom. The normalized spacial score (nSPS) is 15.2. The Labute approximate surface area is 194 Å². The van der Waals surface area contributed by atoms with Crippen molar-refractivity contribution in [2.45, 2.75) is 43.4 Å². The number of anilines is 1. The number of thiophene rings is 1. The summed E-state index contributed by atoms with van der Waals surface area (Å²) < 4.78 is 27.4. The number of hydrogen-bond donors (Lipinski definition) is 1. The summed E-state index contributed by atoms with van der Waals surface area (Å²) in [6, 6.07) is 18.8. The van der Waals surface area contributed by atoms with E-state index in [-0.39, 0.29) is 5.91 Å². The minimum atomic E-state index is -3.45. The second-order valence-corrected chi connectivity index (χ2v) is 10.9. The van der Waals surface area contributed by atoms with Crippen molar-refractivity contribution in [3.05, 3.63) is 71.6 Å². The van der Waals surface area contributed by atoms with Gasteiger partial charge >= 0.3 is 0 Å². The first-order chi connectivity index (χ1) is 15.5. The Morgan fingerprint density at radius 1 is 0.906 bits per heavy atom. The van der Waals surface area contributed by atoms with Crippen molar-refractivity contribution in [2.75, 3.05) is 18.4 Å². The van der Waals surface area contributed by atoms with Crippen LogP contribution in [0.2, 0.25) is 0 Å². The van der Waals surface area contributed by atoms with Crippen LogP contribution in [0.25, 0.3) is 10.4 Å². The van der Waals surface area contributed by atoms with Gasteiger partial charge in [-0.1, -0.05) is 49.2 Å². The van der Waals surface area contributed by atoms with Crippen LogP contribution in [0, 0.1) is 0 Å². The maximum Gasteiger partial charge on any atom is 0.243 e. The molecule has 32 heavy (non-hydrogen) atoms. The zero-order chi connectivity index (χ0) is 22.4. The molecule has 168 valence electrons. The Hall–Kier alpha value is -2.48. The molecular weight excluding hydrogens is 440 g/mol. The molecule has 5 nitrogen and oxygen atoms in total. The zero-order valence-corrected chi connectivity index (χ0v) is 19.6. The first kappa shape index (κ1) is 22.7. The highest BCUT2D eigenvalue weighted by Crippen LogP contribution is 2.31. The fourth-order valence-corrected chi connectivity index (χ4v) is 6.25. The summed E-state index contributed by atoms with van der Waals surface area (Å²) in [7, 11) is -3.45. The monoisotopic (exact) mass is 468 g/mol. The van der Waals surface area contributed by atoms with Crippen molar-refractivity contribution in [1.29, 1.82) is 0 Å². The number of sulfonamides is 1. The van der Waals surface area contributed by atoms with Gasteiger partial charge in [-0.05, 0) is 54.5 Å². The third-order valence-electron chi connectivity index (χ3n) is 5.75. The summed E-state index contributed by atoms with van der Waals surface area (Å²) in [6.45, 7) is 1.19. The minimum absolute atomic E-state index is 0.0599. The molecule has 7 heteroatoms. The molecule has 0 bridgehead atoms. The summed E-state index contributed by atoms with van der Waals surface area (Å²) in [4.78, 5) is 14.0. The molecule has 0 atom stereocenters. The van der Waals surface area contributed by atoms with E-state index in [9.17, 15) is 13.2 Å². The van der Waals surface area contributed by atoms with E-state index in [1.54, 1.807) is 27.8 Å². The van der Waals surface area contributed by atoms with Crippen molar-refractivity contribution in [1.82, 2.24) is 4.31 Å². The van der Waals surface area contributed by atoms with E-state index in [1.807, 2.05) is 53.9 Å². The van der Waals surface area contributed by atoms with Crippen LogP contribution in [0.15, 0.2) is 70.9 Å². The van der Waals surface area contributed by atoms with E-state index in [0.29, 0.717) is 30.8 Å². The van der Waals surface area contributed by atoms with Gasteiger partial charge in [0, 0.05) is 35.6 Å². The van der Waals surface area contributed by atoms with Crippen LogP contribution < -0.4 is 5.32 Å². The molecule has 1 aromatic heterocycles. The van der Waals surface area contributed by atoms with Crippen molar-refractivity contribution >= 4 is 33.0 Å². The standard InChI is InChI=1S/C25H28N2O3S2/c28-25(26-23-9-4-3-8-22(23)24-10-7-19-31-24)16-13-20-11-14-21(15-12-20)32(29,30)27-17-5-1-2-6-18-27/h3-4,7-12,14-15,19H,1-2,5-6,13,16-18H2,(H,26,28). The van der Waals surface area contributed by atoms with Crippen molar-refractivity contribution in [2.24, 2.45) is 0 Å². The van der Waals surface area contributed by atoms with Gasteiger partial charge in [-0.2, -0.15) is 4.31 Å². The smallest absolute Gasteiger partial charge is 0.243 e. The lowest BCUT2D eigenvalue weighted by Gasteiger charge is -2.20. The lowest BCUT2D eigenvalue weighted by atomic mass is 10.1. The molecule has 1 fully saturated rings. The number of benzene rings is 2. The second kappa shape index (κ2) is 10.4. The SMILES string of the molecule is O=C(CCc1ccc(S(=O)(=O)N2CCCCCC2)cc1)Nc1ccccc1-c1cccs1. The van der Waals surface area contributed by atoms with E-state index in [2.05, 4.69) is 5.32 Å². The third-order valence-corrected chi connectivity index (χ3v) is 8.57. The maximum absolute atomic E-state index is 12.9. The number of nitrogens with zero attached hydrogens (tertiary/aromatic N) is 1. The van der Waals surface area contributed by atoms with Gasteiger partial charge in [0.25, 0.3) is 0 Å². The molecule has 3 aromatic rings. The van der Waals surface area contributed by atoms with Gasteiger partial charge < -0.3 is 5.32 Å². The van der Waals surface area contributed by atoms with Crippen LogP contribution in [0.1, 0.15) is 37.7 Å². The fourth-order valence-electron chi connectivity index (χ4n) is 3.97. The molecule has 1 aliphatic heterocycles. The van der Waals surface area contributed by atoms with Crippen molar-refractivity contribution in [3.8, 4) is 10.4 Å². The molecule has 1 saturated heterocycles. The molecule has 0 saturated carbocycles. The van der Waals surface area contributed by atoms with Crippen LogP contribution in [0.5, 0.6) is 0 Å². The zero-order valence-electron chi connectivity index (χ0n) is 18.0. The third kappa shape index (κ3) is 5.46. The van der Waals surface area contributed by atoms with Crippen LogP contribution >= 0.6 is 11.3 Å². The van der Waals surface area contributed by atoms with Gasteiger partial charge in [-0.3, -0.25) is 4.79 Å². The fraction of sp³-hybridized carbons (Fsp3) is 0.320. The minimum Gasteiger partial charge on any atom is -0.325 e. The Bertz CT molecular complexity index is 1130. The van der Waals surface area contributed by atoms with E-state index in [0.717, 1.165) is 47.4 Å². The molecule has 0 radical (unpaired) electrons. The van der Waals surface area contributed by atoms with E-state index in [1.165, 1.54) is 0 Å². The van der Waals surface area contributed by atoms with Gasteiger partial charge in [-0.25, -0.2) is 8.42 Å². The topological polar surface area (TPSA) is 66.5 Å². The summed E-state index contributed by atoms with van der Waals surface area (Å²) in [5.74, 6) is -0.0599. The van der Waals surface area contributed by atoms with E-state index >= 15 is 0 Å². The quantitative estimate of drug-likeness (QED) is 0.494. The molecular formula is C25H28N2O3S2. The second-order valence-electron chi connectivity index (χ2n) is 8.03. The van der Waals surface area contributed by atoms with Gasteiger partial charge in [0.05, 0.1) is 4.90 Å². The van der Waals surface area contributed by atoms with Gasteiger partial charge in [0.1, 0.15) is 0 Å². The molecule has 1 amide bonds. The number of hydrogen-bond acceptors (Lipinski definition) is 4. The molecule has 0 aliphatic carbocycles. The van der Waals surface area contributed by atoms with Crippen LogP contribution in [-0.4, -0.2) is 31.7 Å². The molecule has 2 aromatic carbocycles. The number of aryl methyl sites for hydroxylation is 1. The number of nitrogens with one attached hydrogen (secondary N) is 1.